The molecule has 3 nitrogen and oxygen atoms in total. The van der Waals surface area contributed by atoms with Crippen molar-refractivity contribution in [2.24, 2.45) is 0 Å². The van der Waals surface area contributed by atoms with Crippen LogP contribution in [0.3, 0.4) is 0 Å². The normalized spacial score (nSPS) is 10.1. The second-order valence-electron chi connectivity index (χ2n) is 3.59. The summed E-state index contributed by atoms with van der Waals surface area (Å²) in [5.74, 6) is 0.939. The number of likely N-dealkylation sites (N-methyl/N-ethyl adjacent to an activating group) is 1. The second-order valence-corrected chi connectivity index (χ2v) is 3.59. The van der Waals surface area contributed by atoms with Crippen LogP contribution in [0.1, 0.15) is 21.5 Å². The van der Waals surface area contributed by atoms with Crippen LogP contribution in [0, 0.1) is 13.8 Å². The van der Waals surface area contributed by atoms with Crippen LogP contribution < -0.4 is 10.1 Å². The molecule has 0 aliphatic heterocycles. The number of nitrogens with one attached hydrogen (secondary N) is 1. The number of hydrogen-bond donors (Lipinski definition) is 1. The van der Waals surface area contributed by atoms with E-state index in [1.165, 1.54) is 0 Å². The first-order valence-corrected chi connectivity index (χ1v) is 4.93. The van der Waals surface area contributed by atoms with Crippen molar-refractivity contribution in [2.45, 2.75) is 13.8 Å². The summed E-state index contributed by atoms with van der Waals surface area (Å²) in [4.78, 5) is 11.7. The van der Waals surface area contributed by atoms with E-state index in [2.05, 4.69) is 5.32 Å². The average molecular weight is 207 g/mol. The third kappa shape index (κ3) is 2.57. The fraction of sp³-hybridized carbons (Fsp3) is 0.417. The molecular formula is C12H17NO2. The molecular weight excluding hydrogens is 190 g/mol. The minimum absolute atomic E-state index is 0.112. The van der Waals surface area contributed by atoms with Gasteiger partial charge in [0.25, 0.3) is 0 Å². The molecule has 0 atom stereocenters. The molecule has 1 aromatic rings. The number of Topliss-reactive ketones (excluding diaryl/α,β-unsaturated/α-hetero) is 1. The van der Waals surface area contributed by atoms with Gasteiger partial charge in [-0.05, 0) is 44.2 Å². The molecule has 0 aliphatic rings. The molecule has 82 valence electrons. The zero-order valence-corrected chi connectivity index (χ0v) is 9.68. The van der Waals surface area contributed by atoms with Gasteiger partial charge in [-0.15, -0.1) is 0 Å². The molecule has 0 bridgehead atoms. The fourth-order valence-electron chi connectivity index (χ4n) is 1.57. The molecule has 1 rings (SSSR count). The molecule has 0 spiro atoms. The first-order chi connectivity index (χ1) is 7.10. The summed E-state index contributed by atoms with van der Waals surface area (Å²) in [5, 5.41) is 2.86. The van der Waals surface area contributed by atoms with E-state index in [0.29, 0.717) is 6.54 Å². The van der Waals surface area contributed by atoms with Crippen LogP contribution in [-0.4, -0.2) is 26.5 Å². The molecule has 0 unspecified atom stereocenters. The molecule has 0 amide bonds. The van der Waals surface area contributed by atoms with Crippen molar-refractivity contribution in [3.63, 3.8) is 0 Å². The van der Waals surface area contributed by atoms with E-state index in [1.807, 2.05) is 26.0 Å². The van der Waals surface area contributed by atoms with Gasteiger partial charge in [-0.3, -0.25) is 4.79 Å². The van der Waals surface area contributed by atoms with Gasteiger partial charge in [-0.2, -0.15) is 0 Å². The number of aryl methyl sites for hydroxylation is 2. The third-order valence-corrected chi connectivity index (χ3v) is 2.38. The van der Waals surface area contributed by atoms with E-state index < -0.39 is 0 Å². The molecule has 1 aromatic carbocycles. The van der Waals surface area contributed by atoms with Crippen LogP contribution in [0.4, 0.5) is 0 Å². The number of rotatable bonds is 4. The Labute approximate surface area is 90.4 Å². The molecule has 0 aliphatic carbocycles. The van der Waals surface area contributed by atoms with E-state index in [4.69, 9.17) is 4.74 Å². The van der Waals surface area contributed by atoms with Gasteiger partial charge in [0, 0.05) is 5.56 Å². The Bertz CT molecular complexity index is 372. The van der Waals surface area contributed by atoms with Gasteiger partial charge < -0.3 is 10.1 Å². The molecule has 15 heavy (non-hydrogen) atoms. The number of methoxy groups -OCH3 is 1. The van der Waals surface area contributed by atoms with Crippen LogP contribution in [0.15, 0.2) is 12.1 Å². The van der Waals surface area contributed by atoms with Crippen LogP contribution >= 0.6 is 0 Å². The summed E-state index contributed by atoms with van der Waals surface area (Å²) >= 11 is 0. The Morgan fingerprint density at radius 3 is 2.53 bits per heavy atom. The molecule has 0 saturated heterocycles. The quantitative estimate of drug-likeness (QED) is 0.764. The molecule has 0 fully saturated rings. The van der Waals surface area contributed by atoms with E-state index in [-0.39, 0.29) is 5.78 Å². The minimum Gasteiger partial charge on any atom is -0.496 e. The molecule has 0 aromatic heterocycles. The minimum atomic E-state index is 0.112. The number of carbonyl (C=O) groups is 1. The van der Waals surface area contributed by atoms with E-state index in [0.717, 1.165) is 22.4 Å². The van der Waals surface area contributed by atoms with Crippen molar-refractivity contribution >= 4 is 5.78 Å². The summed E-state index contributed by atoms with van der Waals surface area (Å²) in [6, 6.07) is 3.78. The molecule has 1 N–H and O–H groups in total. The fourth-order valence-corrected chi connectivity index (χ4v) is 1.57. The first-order valence-electron chi connectivity index (χ1n) is 4.93. The lowest BCUT2D eigenvalue weighted by Crippen LogP contribution is -2.19. The van der Waals surface area contributed by atoms with E-state index >= 15 is 0 Å². The van der Waals surface area contributed by atoms with Gasteiger partial charge in [0.15, 0.2) is 5.78 Å². The maximum Gasteiger partial charge on any atom is 0.176 e. The van der Waals surface area contributed by atoms with Gasteiger partial charge in [-0.1, -0.05) is 0 Å². The van der Waals surface area contributed by atoms with Gasteiger partial charge >= 0.3 is 0 Å². The summed E-state index contributed by atoms with van der Waals surface area (Å²) in [6.45, 7) is 4.23. The topological polar surface area (TPSA) is 38.3 Å². The maximum absolute atomic E-state index is 11.7. The van der Waals surface area contributed by atoms with Crippen molar-refractivity contribution in [3.8, 4) is 5.75 Å². The highest BCUT2D eigenvalue weighted by Crippen LogP contribution is 2.22. The smallest absolute Gasteiger partial charge is 0.176 e. The van der Waals surface area contributed by atoms with Crippen LogP contribution in [0.2, 0.25) is 0 Å². The van der Waals surface area contributed by atoms with E-state index in [9.17, 15) is 4.79 Å². The summed E-state index contributed by atoms with van der Waals surface area (Å²) < 4.78 is 5.19. The number of carbonyl (C=O) groups excluding carboxylic acids is 1. The molecule has 0 radical (unpaired) electrons. The Kier molecular flexibility index (Phi) is 3.86. The van der Waals surface area contributed by atoms with Gasteiger partial charge in [0.2, 0.25) is 0 Å². The molecule has 3 heteroatoms. The van der Waals surface area contributed by atoms with Gasteiger partial charge in [0.05, 0.1) is 13.7 Å². The van der Waals surface area contributed by atoms with Crippen molar-refractivity contribution in [3.05, 3.63) is 28.8 Å². The predicted molar refractivity (Wildman–Crippen MR) is 60.7 cm³/mol. The average Bonchev–Trinajstić information content (AvgIpc) is 2.21. The maximum atomic E-state index is 11.7. The van der Waals surface area contributed by atoms with Crippen LogP contribution in [0.5, 0.6) is 5.75 Å². The largest absolute Gasteiger partial charge is 0.496 e. The molecule has 0 heterocycles. The number of ether oxygens (including phenoxy) is 1. The summed E-state index contributed by atoms with van der Waals surface area (Å²) in [5.41, 5.74) is 2.71. The van der Waals surface area contributed by atoms with Crippen molar-refractivity contribution in [1.29, 1.82) is 0 Å². The standard InChI is InChI=1S/C12H17NO2/c1-8-6-12(15-4)9(2)5-10(8)11(14)7-13-3/h5-6,13H,7H2,1-4H3. The van der Waals surface area contributed by atoms with Crippen LogP contribution in [0.25, 0.3) is 0 Å². The zero-order chi connectivity index (χ0) is 11.4. The Balaban J connectivity index is 3.10. The van der Waals surface area contributed by atoms with Crippen molar-refractivity contribution < 1.29 is 9.53 Å². The third-order valence-electron chi connectivity index (χ3n) is 2.38. The monoisotopic (exact) mass is 207 g/mol. The number of hydrogen-bond acceptors (Lipinski definition) is 3. The Morgan fingerprint density at radius 2 is 2.00 bits per heavy atom. The van der Waals surface area contributed by atoms with Crippen molar-refractivity contribution in [1.82, 2.24) is 5.32 Å². The van der Waals surface area contributed by atoms with Gasteiger partial charge in [-0.25, -0.2) is 0 Å². The summed E-state index contributed by atoms with van der Waals surface area (Å²) in [6.07, 6.45) is 0. The second kappa shape index (κ2) is 4.94. The predicted octanol–water partition coefficient (Wildman–Crippen LogP) is 1.71. The number of benzene rings is 1. The lowest BCUT2D eigenvalue weighted by molar-refractivity contribution is 0.0993. The lowest BCUT2D eigenvalue weighted by atomic mass is 10.0. The SMILES string of the molecule is CNCC(=O)c1cc(C)c(OC)cc1C. The summed E-state index contributed by atoms with van der Waals surface area (Å²) in [7, 11) is 3.40. The van der Waals surface area contributed by atoms with Crippen LogP contribution in [-0.2, 0) is 0 Å². The highest BCUT2D eigenvalue weighted by atomic mass is 16.5. The highest BCUT2D eigenvalue weighted by molar-refractivity contribution is 5.99. The van der Waals surface area contributed by atoms with E-state index in [1.54, 1.807) is 14.2 Å². The highest BCUT2D eigenvalue weighted by Gasteiger charge is 2.10. The Hall–Kier alpha value is -1.35. The van der Waals surface area contributed by atoms with Crippen molar-refractivity contribution in [2.75, 3.05) is 20.7 Å². The number of ketones is 1. The Morgan fingerprint density at radius 1 is 1.33 bits per heavy atom. The first kappa shape index (κ1) is 11.7. The molecule has 0 saturated carbocycles. The van der Waals surface area contributed by atoms with Gasteiger partial charge in [0.1, 0.15) is 5.75 Å². The zero-order valence-electron chi connectivity index (χ0n) is 9.68. The lowest BCUT2D eigenvalue weighted by Gasteiger charge is -2.10.